The van der Waals surface area contributed by atoms with E-state index < -0.39 is 12.1 Å². The second-order valence-corrected chi connectivity index (χ2v) is 6.35. The van der Waals surface area contributed by atoms with Crippen molar-refractivity contribution in [3.8, 4) is 0 Å². The normalized spacial score (nSPS) is 13.9. The Morgan fingerprint density at radius 1 is 1.36 bits per heavy atom. The summed E-state index contributed by atoms with van der Waals surface area (Å²) in [5, 5.41) is 14.3. The number of aliphatic carboxylic acids is 1. The van der Waals surface area contributed by atoms with E-state index in [2.05, 4.69) is 26.1 Å². The molecule has 2 aromatic heterocycles. The summed E-state index contributed by atoms with van der Waals surface area (Å²) in [7, 11) is 3.50. The van der Waals surface area contributed by atoms with Crippen LogP contribution < -0.4 is 0 Å². The first-order valence-corrected chi connectivity index (χ1v) is 8.28. The fraction of sp³-hybridized carbons (Fsp3) is 0.412. The summed E-state index contributed by atoms with van der Waals surface area (Å²) in [6.07, 6.45) is -0.526. The molecule has 0 spiro atoms. The van der Waals surface area contributed by atoms with Crippen molar-refractivity contribution in [1.82, 2.24) is 25.0 Å². The Morgan fingerprint density at radius 3 is 2.57 bits per heavy atom. The molecule has 0 saturated heterocycles. The monoisotopic (exact) mass is 399 g/mol. The van der Waals surface area contributed by atoms with Gasteiger partial charge >= 0.3 is 12.1 Å². The number of rotatable bonds is 3. The van der Waals surface area contributed by atoms with Crippen molar-refractivity contribution in [2.24, 2.45) is 0 Å². The Balaban J connectivity index is 0.000000345. The summed E-state index contributed by atoms with van der Waals surface area (Å²) in [5.41, 5.74) is 3.85. The number of aromatic amines is 1. The summed E-state index contributed by atoms with van der Waals surface area (Å²) in [6.45, 7) is 2.55. The molecule has 0 fully saturated rings. The number of halogens is 3. The molecule has 0 saturated carbocycles. The van der Waals surface area contributed by atoms with E-state index in [4.69, 9.17) is 9.90 Å². The fourth-order valence-electron chi connectivity index (χ4n) is 2.62. The van der Waals surface area contributed by atoms with E-state index in [1.807, 2.05) is 12.3 Å². The van der Waals surface area contributed by atoms with Crippen molar-refractivity contribution in [3.63, 3.8) is 0 Å². The molecule has 3 rings (SSSR count). The van der Waals surface area contributed by atoms with Gasteiger partial charge in [0.15, 0.2) is 5.69 Å². The third-order valence-corrected chi connectivity index (χ3v) is 3.99. The number of hydrogen-bond acceptors (Lipinski definition) is 5. The van der Waals surface area contributed by atoms with Gasteiger partial charge in [0.1, 0.15) is 0 Å². The highest BCUT2D eigenvalue weighted by molar-refractivity contribution is 5.93. The smallest absolute Gasteiger partial charge is 0.475 e. The minimum atomic E-state index is -5.08. The number of hydrogen-bond donors (Lipinski definition) is 2. The van der Waals surface area contributed by atoms with E-state index in [-0.39, 0.29) is 5.91 Å². The van der Waals surface area contributed by atoms with E-state index in [1.54, 1.807) is 25.2 Å². The molecule has 8 nitrogen and oxygen atoms in total. The quantitative estimate of drug-likeness (QED) is 0.815. The third kappa shape index (κ3) is 5.52. The molecule has 28 heavy (non-hydrogen) atoms. The van der Waals surface area contributed by atoms with Gasteiger partial charge in [0.2, 0.25) is 0 Å². The number of pyridine rings is 1. The zero-order valence-electron chi connectivity index (χ0n) is 15.3. The topological polar surface area (TPSA) is 102 Å². The van der Waals surface area contributed by atoms with Crippen LogP contribution in [0.15, 0.2) is 24.5 Å². The fourth-order valence-corrected chi connectivity index (χ4v) is 2.62. The van der Waals surface area contributed by atoms with Crippen LogP contribution in [0.3, 0.4) is 0 Å². The van der Waals surface area contributed by atoms with Gasteiger partial charge in [-0.05, 0) is 11.6 Å². The van der Waals surface area contributed by atoms with E-state index in [0.29, 0.717) is 5.69 Å². The zero-order valence-corrected chi connectivity index (χ0v) is 15.3. The second-order valence-electron chi connectivity index (χ2n) is 6.35. The van der Waals surface area contributed by atoms with Gasteiger partial charge in [-0.25, -0.2) is 4.79 Å². The molecule has 0 bridgehead atoms. The van der Waals surface area contributed by atoms with E-state index >= 15 is 0 Å². The molecule has 0 radical (unpaired) electrons. The molecule has 0 atom stereocenters. The average Bonchev–Trinajstić information content (AvgIpc) is 3.04. The number of carbonyl (C=O) groups is 2. The highest BCUT2D eigenvalue weighted by Crippen LogP contribution is 2.22. The number of aromatic nitrogens is 3. The average molecular weight is 399 g/mol. The Bertz CT molecular complexity index is 821. The van der Waals surface area contributed by atoms with Crippen molar-refractivity contribution in [2.45, 2.75) is 25.7 Å². The summed E-state index contributed by atoms with van der Waals surface area (Å²) in [6, 6.07) is 4.02. The number of nitrogens with one attached hydrogen (secondary N) is 1. The standard InChI is InChI=1S/C15H19N5O.C2HF3O2/c1-19(2)15(21)14-12-10-20(7-5-13(12)17-18-14)9-11-4-3-6-16-8-11;3-2(4,5)1(6)7/h3-4,6,8H,5,7,9-10H2,1-2H3,(H,17,18);(H,6,7). The molecule has 0 unspecified atom stereocenters. The van der Waals surface area contributed by atoms with Crippen LogP contribution in [-0.4, -0.2) is 68.8 Å². The SMILES string of the molecule is CN(C)C(=O)c1n[nH]c2c1CN(Cc1cccnc1)CC2.O=C(O)C(F)(F)F. The molecule has 1 aliphatic rings. The van der Waals surface area contributed by atoms with Gasteiger partial charge in [0.05, 0.1) is 0 Å². The number of carboxylic acid groups (broad SMARTS) is 1. The van der Waals surface area contributed by atoms with Gasteiger partial charge in [0, 0.05) is 63.8 Å². The van der Waals surface area contributed by atoms with Gasteiger partial charge in [-0.1, -0.05) is 6.07 Å². The maximum Gasteiger partial charge on any atom is 0.490 e. The number of alkyl halides is 3. The molecule has 152 valence electrons. The van der Waals surface area contributed by atoms with E-state index in [9.17, 15) is 18.0 Å². The Kier molecular flexibility index (Phi) is 6.73. The minimum Gasteiger partial charge on any atom is -0.475 e. The van der Waals surface area contributed by atoms with Gasteiger partial charge in [0.25, 0.3) is 5.91 Å². The molecule has 11 heteroatoms. The third-order valence-electron chi connectivity index (χ3n) is 3.99. The Morgan fingerprint density at radius 2 is 2.04 bits per heavy atom. The molecular formula is C17H20F3N5O3. The second kappa shape index (κ2) is 8.83. The molecule has 1 amide bonds. The number of fused-ring (bicyclic) bond motifs is 1. The lowest BCUT2D eigenvalue weighted by Gasteiger charge is -2.27. The molecule has 3 heterocycles. The lowest BCUT2D eigenvalue weighted by Crippen LogP contribution is -2.31. The van der Waals surface area contributed by atoms with Gasteiger partial charge < -0.3 is 10.0 Å². The van der Waals surface area contributed by atoms with Crippen molar-refractivity contribution < 1.29 is 27.9 Å². The van der Waals surface area contributed by atoms with E-state index in [1.165, 1.54) is 5.56 Å². The summed E-state index contributed by atoms with van der Waals surface area (Å²) in [4.78, 5) is 29.1. The van der Waals surface area contributed by atoms with Crippen LogP contribution in [0.2, 0.25) is 0 Å². The lowest BCUT2D eigenvalue weighted by molar-refractivity contribution is -0.192. The Labute approximate surface area is 159 Å². The largest absolute Gasteiger partial charge is 0.490 e. The summed E-state index contributed by atoms with van der Waals surface area (Å²) < 4.78 is 31.7. The number of amides is 1. The lowest BCUT2D eigenvalue weighted by atomic mass is 10.0. The minimum absolute atomic E-state index is 0.0456. The van der Waals surface area contributed by atoms with Crippen LogP contribution in [-0.2, 0) is 24.3 Å². The van der Waals surface area contributed by atoms with Crippen LogP contribution in [0.1, 0.15) is 27.3 Å². The van der Waals surface area contributed by atoms with Crippen LogP contribution in [0, 0.1) is 0 Å². The number of carbonyl (C=O) groups excluding carboxylic acids is 1. The van der Waals surface area contributed by atoms with Crippen LogP contribution in [0.4, 0.5) is 13.2 Å². The highest BCUT2D eigenvalue weighted by atomic mass is 19.4. The molecule has 2 N–H and O–H groups in total. The van der Waals surface area contributed by atoms with Gasteiger partial charge in [-0.15, -0.1) is 0 Å². The highest BCUT2D eigenvalue weighted by Gasteiger charge is 2.38. The number of carboxylic acids is 1. The molecular weight excluding hydrogens is 379 g/mol. The first kappa shape index (κ1) is 21.4. The zero-order chi connectivity index (χ0) is 20.9. The first-order valence-electron chi connectivity index (χ1n) is 8.28. The first-order chi connectivity index (χ1) is 13.1. The number of H-pyrrole nitrogens is 1. The summed E-state index contributed by atoms with van der Waals surface area (Å²) >= 11 is 0. The maximum absolute atomic E-state index is 12.2. The van der Waals surface area contributed by atoms with Crippen LogP contribution in [0.5, 0.6) is 0 Å². The van der Waals surface area contributed by atoms with Crippen LogP contribution in [0.25, 0.3) is 0 Å². The predicted octanol–water partition coefficient (Wildman–Crippen LogP) is 1.70. The maximum atomic E-state index is 12.2. The Hall–Kier alpha value is -2.95. The molecule has 2 aromatic rings. The predicted molar refractivity (Wildman–Crippen MR) is 92.4 cm³/mol. The van der Waals surface area contributed by atoms with E-state index in [0.717, 1.165) is 37.3 Å². The number of nitrogens with zero attached hydrogens (tertiary/aromatic N) is 4. The van der Waals surface area contributed by atoms with Gasteiger partial charge in [-0.3, -0.25) is 19.8 Å². The molecule has 0 aromatic carbocycles. The van der Waals surface area contributed by atoms with Crippen molar-refractivity contribution in [2.75, 3.05) is 20.6 Å². The van der Waals surface area contributed by atoms with Crippen molar-refractivity contribution in [1.29, 1.82) is 0 Å². The van der Waals surface area contributed by atoms with Crippen molar-refractivity contribution >= 4 is 11.9 Å². The summed E-state index contributed by atoms with van der Waals surface area (Å²) in [5.74, 6) is -2.80. The van der Waals surface area contributed by atoms with Gasteiger partial charge in [-0.2, -0.15) is 18.3 Å². The molecule has 1 aliphatic heterocycles. The van der Waals surface area contributed by atoms with Crippen LogP contribution >= 0.6 is 0 Å². The van der Waals surface area contributed by atoms with Crippen molar-refractivity contribution in [3.05, 3.63) is 47.0 Å². The molecule has 0 aliphatic carbocycles.